The first-order chi connectivity index (χ1) is 22.6. The zero-order valence-electron chi connectivity index (χ0n) is 26.1. The molecule has 3 aromatic carbocycles. The lowest BCUT2D eigenvalue weighted by atomic mass is 9.91. The summed E-state index contributed by atoms with van der Waals surface area (Å²) in [7, 11) is 0. The molecule has 47 heavy (non-hydrogen) atoms. The van der Waals surface area contributed by atoms with Crippen LogP contribution < -0.4 is 5.32 Å². The molecule has 3 fully saturated rings. The van der Waals surface area contributed by atoms with Crippen molar-refractivity contribution in [3.8, 4) is 6.07 Å². The third-order valence-corrected chi connectivity index (χ3v) is 9.47. The van der Waals surface area contributed by atoms with Crippen LogP contribution >= 0.6 is 0 Å². The van der Waals surface area contributed by atoms with E-state index in [4.69, 9.17) is 10.00 Å². The van der Waals surface area contributed by atoms with Crippen LogP contribution in [0.1, 0.15) is 63.9 Å². The van der Waals surface area contributed by atoms with Crippen molar-refractivity contribution in [1.82, 2.24) is 20.0 Å². The van der Waals surface area contributed by atoms with E-state index in [0.29, 0.717) is 56.7 Å². The molecule has 11 heteroatoms. The van der Waals surface area contributed by atoms with Gasteiger partial charge in [-0.3, -0.25) is 19.5 Å². The average molecular weight is 646 g/mol. The molecular weight excluding hydrogens is 607 g/mol. The molecule has 0 unspecified atom stereocenters. The number of piperidine rings is 2. The molecule has 6 rings (SSSR count). The van der Waals surface area contributed by atoms with Gasteiger partial charge in [-0.25, -0.2) is 4.79 Å². The predicted octanol–water partition coefficient (Wildman–Crippen LogP) is 5.96. The van der Waals surface area contributed by atoms with Gasteiger partial charge in [0.25, 0.3) is 5.91 Å². The summed E-state index contributed by atoms with van der Waals surface area (Å²) in [4.78, 5) is 32.0. The van der Waals surface area contributed by atoms with Crippen LogP contribution in [0.2, 0.25) is 0 Å². The smallest absolute Gasteiger partial charge is 0.416 e. The Kier molecular flexibility index (Phi) is 9.52. The Morgan fingerprint density at radius 2 is 1.49 bits per heavy atom. The Labute approximate surface area is 272 Å². The van der Waals surface area contributed by atoms with E-state index in [1.165, 1.54) is 12.1 Å². The van der Waals surface area contributed by atoms with Gasteiger partial charge < -0.3 is 10.1 Å². The number of hydrogen-bond donors (Lipinski definition) is 1. The Morgan fingerprint density at radius 3 is 2.15 bits per heavy atom. The standard InChI is InChI=1S/C36H38F3N5O3/c37-36(38,39)31-10-6-26(7-11-31)22-43-18-14-35(15-19-43)25-44(34(46)47-35)24-27-4-8-30(9-5-27)33(45)41-32-12-16-42(17-13-32)23-29-3-1-2-28(20-29)21-40/h1-11,20,32H,12-19,22-25H2,(H,41,45). The van der Waals surface area contributed by atoms with E-state index < -0.39 is 17.3 Å². The van der Waals surface area contributed by atoms with E-state index in [2.05, 4.69) is 21.2 Å². The molecule has 1 N–H and O–H groups in total. The van der Waals surface area contributed by atoms with Crippen molar-refractivity contribution in [3.63, 3.8) is 0 Å². The van der Waals surface area contributed by atoms with Crippen molar-refractivity contribution < 1.29 is 27.5 Å². The summed E-state index contributed by atoms with van der Waals surface area (Å²) >= 11 is 0. The number of ether oxygens (including phenoxy) is 1. The van der Waals surface area contributed by atoms with E-state index in [9.17, 15) is 22.8 Å². The van der Waals surface area contributed by atoms with Gasteiger partial charge in [0.05, 0.1) is 23.7 Å². The highest BCUT2D eigenvalue weighted by Crippen LogP contribution is 2.35. The maximum atomic E-state index is 13.0. The molecular formula is C36H38F3N5O3. The van der Waals surface area contributed by atoms with Crippen LogP contribution in [0, 0.1) is 11.3 Å². The van der Waals surface area contributed by atoms with Crippen LogP contribution in [0.4, 0.5) is 18.0 Å². The highest BCUT2D eigenvalue weighted by atomic mass is 19.4. The lowest BCUT2D eigenvalue weighted by Gasteiger charge is -2.37. The molecule has 0 atom stereocenters. The van der Waals surface area contributed by atoms with E-state index >= 15 is 0 Å². The molecule has 3 aliphatic heterocycles. The number of nitriles is 1. The first-order valence-electron chi connectivity index (χ1n) is 16.1. The third kappa shape index (κ3) is 8.13. The Bertz CT molecular complexity index is 1600. The second kappa shape index (κ2) is 13.8. The first kappa shape index (κ1) is 32.5. The minimum absolute atomic E-state index is 0.0979. The molecule has 3 saturated heterocycles. The number of benzene rings is 3. The normalized spacial score (nSPS) is 19.0. The zero-order valence-corrected chi connectivity index (χ0v) is 26.1. The fourth-order valence-corrected chi connectivity index (χ4v) is 6.73. The highest BCUT2D eigenvalue weighted by molar-refractivity contribution is 5.94. The topological polar surface area (TPSA) is 88.9 Å². The third-order valence-electron chi connectivity index (χ3n) is 9.47. The van der Waals surface area contributed by atoms with Gasteiger partial charge in [-0.05, 0) is 65.9 Å². The van der Waals surface area contributed by atoms with E-state index in [0.717, 1.165) is 61.3 Å². The number of carbonyl (C=O) groups is 2. The number of amides is 2. The van der Waals surface area contributed by atoms with Crippen molar-refractivity contribution in [1.29, 1.82) is 5.26 Å². The number of likely N-dealkylation sites (tertiary alicyclic amines) is 2. The number of rotatable bonds is 8. The molecule has 246 valence electrons. The van der Waals surface area contributed by atoms with Crippen LogP contribution in [0.5, 0.6) is 0 Å². The van der Waals surface area contributed by atoms with Gasteiger partial charge in [0.2, 0.25) is 0 Å². The van der Waals surface area contributed by atoms with E-state index in [1.807, 2.05) is 30.3 Å². The minimum Gasteiger partial charge on any atom is -0.441 e. The van der Waals surface area contributed by atoms with Gasteiger partial charge in [-0.1, -0.05) is 36.4 Å². The fourth-order valence-electron chi connectivity index (χ4n) is 6.73. The lowest BCUT2D eigenvalue weighted by molar-refractivity contribution is -0.137. The van der Waals surface area contributed by atoms with Crippen LogP contribution in [0.25, 0.3) is 0 Å². The second-order valence-corrected chi connectivity index (χ2v) is 12.9. The summed E-state index contributed by atoms with van der Waals surface area (Å²) in [5, 5.41) is 12.3. The summed E-state index contributed by atoms with van der Waals surface area (Å²) in [6, 6.07) is 22.5. The number of nitrogens with one attached hydrogen (secondary N) is 1. The summed E-state index contributed by atoms with van der Waals surface area (Å²) in [6.45, 7) is 5.29. The molecule has 2 amide bonds. The summed E-state index contributed by atoms with van der Waals surface area (Å²) in [6.07, 6.45) is -1.68. The number of hydrogen-bond acceptors (Lipinski definition) is 6. The molecule has 8 nitrogen and oxygen atoms in total. The average Bonchev–Trinajstić information content (AvgIpc) is 3.37. The molecule has 0 aliphatic carbocycles. The van der Waals surface area contributed by atoms with Crippen LogP contribution in [0.3, 0.4) is 0 Å². The van der Waals surface area contributed by atoms with E-state index in [1.54, 1.807) is 23.1 Å². The monoisotopic (exact) mass is 645 g/mol. The largest absolute Gasteiger partial charge is 0.441 e. The maximum Gasteiger partial charge on any atom is 0.416 e. The summed E-state index contributed by atoms with van der Waals surface area (Å²) in [5.41, 5.74) is 2.86. The molecule has 1 spiro atoms. The van der Waals surface area contributed by atoms with Crippen molar-refractivity contribution in [2.45, 2.75) is 63.1 Å². The van der Waals surface area contributed by atoms with Gasteiger partial charge in [0.1, 0.15) is 5.60 Å². The Hall–Kier alpha value is -4.40. The summed E-state index contributed by atoms with van der Waals surface area (Å²) < 4.78 is 44.5. The van der Waals surface area contributed by atoms with Gasteiger partial charge in [-0.2, -0.15) is 18.4 Å². The number of carbonyl (C=O) groups excluding carboxylic acids is 2. The lowest BCUT2D eigenvalue weighted by Crippen LogP contribution is -2.46. The SMILES string of the molecule is N#Cc1cccc(CN2CCC(NC(=O)c3ccc(CN4CC5(CCN(Cc6ccc(C(F)(F)F)cc6)CC5)OC4=O)cc3)CC2)c1. The van der Waals surface area contributed by atoms with Crippen molar-refractivity contribution in [2.75, 3.05) is 32.7 Å². The maximum absolute atomic E-state index is 13.0. The quantitative estimate of drug-likeness (QED) is 0.326. The molecule has 3 aromatic rings. The van der Waals surface area contributed by atoms with Crippen LogP contribution in [-0.2, 0) is 30.5 Å². The van der Waals surface area contributed by atoms with Crippen LogP contribution in [-0.4, -0.2) is 71.1 Å². The summed E-state index contributed by atoms with van der Waals surface area (Å²) in [5.74, 6) is -0.112. The number of halogens is 3. The van der Waals surface area contributed by atoms with Crippen molar-refractivity contribution >= 4 is 12.0 Å². The Balaban J connectivity index is 0.937. The molecule has 3 heterocycles. The van der Waals surface area contributed by atoms with E-state index in [-0.39, 0.29) is 18.0 Å². The predicted molar refractivity (Wildman–Crippen MR) is 169 cm³/mol. The van der Waals surface area contributed by atoms with Crippen molar-refractivity contribution in [2.24, 2.45) is 0 Å². The molecule has 0 bridgehead atoms. The highest BCUT2D eigenvalue weighted by Gasteiger charge is 2.46. The number of nitrogens with zero attached hydrogens (tertiary/aromatic N) is 4. The molecule has 0 aromatic heterocycles. The van der Waals surface area contributed by atoms with Gasteiger partial charge in [0.15, 0.2) is 0 Å². The molecule has 0 radical (unpaired) electrons. The molecule has 3 aliphatic rings. The zero-order chi connectivity index (χ0) is 33.0. The van der Waals surface area contributed by atoms with Gasteiger partial charge in [0, 0.05) is 70.3 Å². The van der Waals surface area contributed by atoms with Crippen molar-refractivity contribution in [3.05, 3.63) is 106 Å². The number of alkyl halides is 3. The Morgan fingerprint density at radius 1 is 0.872 bits per heavy atom. The van der Waals surface area contributed by atoms with Crippen LogP contribution in [0.15, 0.2) is 72.8 Å². The van der Waals surface area contributed by atoms with Gasteiger partial charge >= 0.3 is 12.3 Å². The first-order valence-corrected chi connectivity index (χ1v) is 16.1. The fraction of sp³-hybridized carbons (Fsp3) is 0.417. The molecule has 0 saturated carbocycles. The van der Waals surface area contributed by atoms with Gasteiger partial charge in [-0.15, -0.1) is 0 Å². The minimum atomic E-state index is -4.35. The second-order valence-electron chi connectivity index (χ2n) is 12.9.